The van der Waals surface area contributed by atoms with Crippen molar-refractivity contribution in [2.24, 2.45) is 5.92 Å². The van der Waals surface area contributed by atoms with Crippen LogP contribution in [0.4, 0.5) is 4.39 Å². The van der Waals surface area contributed by atoms with Gasteiger partial charge in [0.25, 0.3) is 5.91 Å². The van der Waals surface area contributed by atoms with E-state index < -0.39 is 0 Å². The van der Waals surface area contributed by atoms with E-state index in [1.54, 1.807) is 27.9 Å². The number of carbonyl (C=O) groups excluding carboxylic acids is 2. The van der Waals surface area contributed by atoms with Gasteiger partial charge in [-0.05, 0) is 75.3 Å². The van der Waals surface area contributed by atoms with Crippen molar-refractivity contribution in [3.05, 3.63) is 66.4 Å². The van der Waals surface area contributed by atoms with Crippen molar-refractivity contribution >= 4 is 11.8 Å². The Hall–Kier alpha value is -3.46. The number of likely N-dealkylation sites (tertiary alicyclic amines) is 1. The Labute approximate surface area is 211 Å². The van der Waals surface area contributed by atoms with E-state index in [2.05, 4.69) is 29.2 Å². The first-order valence-electron chi connectivity index (χ1n) is 12.8. The number of hydrogen-bond donors (Lipinski definition) is 1. The average Bonchev–Trinajstić information content (AvgIpc) is 3.59. The Morgan fingerprint density at radius 3 is 2.56 bits per heavy atom. The standard InChI is InChI=1S/C27H35FN6O2/c1-3-31(4-2)15-8-14-29-25(35)21-9-7-18-33(20-21)27(36)24-19-30-34(23-12-10-22(28)11-13-23)26(24)32-16-5-6-17-32/h5-6,10-13,16-17,19,21H,3-4,7-9,14-15,18,20H2,1-2H3,(H,29,35). The average molecular weight is 495 g/mol. The number of halogens is 1. The topological polar surface area (TPSA) is 75.4 Å². The molecule has 1 aliphatic heterocycles. The number of nitrogens with zero attached hydrogens (tertiary/aromatic N) is 5. The minimum absolute atomic E-state index is 0.0136. The Morgan fingerprint density at radius 1 is 1.14 bits per heavy atom. The summed E-state index contributed by atoms with van der Waals surface area (Å²) in [5.41, 5.74) is 1.09. The van der Waals surface area contributed by atoms with Gasteiger partial charge in [-0.1, -0.05) is 13.8 Å². The van der Waals surface area contributed by atoms with E-state index in [-0.39, 0.29) is 23.5 Å². The van der Waals surface area contributed by atoms with Crippen molar-refractivity contribution in [2.45, 2.75) is 33.1 Å². The molecule has 192 valence electrons. The van der Waals surface area contributed by atoms with Gasteiger partial charge >= 0.3 is 0 Å². The summed E-state index contributed by atoms with van der Waals surface area (Å²) < 4.78 is 17.0. The summed E-state index contributed by atoms with van der Waals surface area (Å²) in [4.78, 5) is 30.6. The summed E-state index contributed by atoms with van der Waals surface area (Å²) in [7, 11) is 0. The molecule has 0 saturated carbocycles. The second kappa shape index (κ2) is 12.0. The Balaban J connectivity index is 1.46. The van der Waals surface area contributed by atoms with Crippen LogP contribution in [0, 0.1) is 11.7 Å². The highest BCUT2D eigenvalue weighted by atomic mass is 19.1. The number of piperidine rings is 1. The van der Waals surface area contributed by atoms with Crippen LogP contribution in [0.1, 0.15) is 43.5 Å². The molecule has 2 amide bonds. The molecule has 1 atom stereocenters. The predicted octanol–water partition coefficient (Wildman–Crippen LogP) is 3.50. The van der Waals surface area contributed by atoms with Crippen LogP contribution in [0.25, 0.3) is 11.5 Å². The summed E-state index contributed by atoms with van der Waals surface area (Å²) in [6.45, 7) is 8.87. The summed E-state index contributed by atoms with van der Waals surface area (Å²) in [6, 6.07) is 9.74. The van der Waals surface area contributed by atoms with Crippen LogP contribution in [-0.4, -0.2) is 75.2 Å². The van der Waals surface area contributed by atoms with Gasteiger partial charge in [-0.15, -0.1) is 0 Å². The molecule has 2 aromatic heterocycles. The van der Waals surface area contributed by atoms with Gasteiger partial charge in [0, 0.05) is 32.0 Å². The molecular weight excluding hydrogens is 459 g/mol. The number of benzene rings is 1. The van der Waals surface area contributed by atoms with Crippen molar-refractivity contribution in [1.82, 2.24) is 29.5 Å². The molecule has 0 bridgehead atoms. The number of aromatic nitrogens is 3. The quantitative estimate of drug-likeness (QED) is 0.438. The van der Waals surface area contributed by atoms with Gasteiger partial charge in [0.1, 0.15) is 11.4 Å². The lowest BCUT2D eigenvalue weighted by molar-refractivity contribution is -0.126. The smallest absolute Gasteiger partial charge is 0.259 e. The van der Waals surface area contributed by atoms with Crippen LogP contribution in [-0.2, 0) is 4.79 Å². The van der Waals surface area contributed by atoms with Gasteiger partial charge < -0.3 is 19.7 Å². The van der Waals surface area contributed by atoms with Gasteiger partial charge in [-0.3, -0.25) is 9.59 Å². The fourth-order valence-electron chi connectivity index (χ4n) is 4.73. The predicted molar refractivity (Wildman–Crippen MR) is 137 cm³/mol. The van der Waals surface area contributed by atoms with E-state index in [1.807, 2.05) is 29.1 Å². The number of carbonyl (C=O) groups is 2. The molecule has 3 aromatic rings. The molecule has 0 aliphatic carbocycles. The van der Waals surface area contributed by atoms with Crippen LogP contribution in [0.3, 0.4) is 0 Å². The van der Waals surface area contributed by atoms with Gasteiger partial charge in [0.05, 0.1) is 17.8 Å². The maximum absolute atomic E-state index is 13.6. The second-order valence-corrected chi connectivity index (χ2v) is 9.12. The highest BCUT2D eigenvalue weighted by Gasteiger charge is 2.31. The minimum Gasteiger partial charge on any atom is -0.356 e. The van der Waals surface area contributed by atoms with Crippen LogP contribution in [0.2, 0.25) is 0 Å². The Kier molecular flexibility index (Phi) is 8.53. The van der Waals surface area contributed by atoms with E-state index in [0.717, 1.165) is 38.9 Å². The zero-order valence-corrected chi connectivity index (χ0v) is 21.1. The first kappa shape index (κ1) is 25.6. The molecule has 1 saturated heterocycles. The van der Waals surface area contributed by atoms with Crippen LogP contribution in [0.5, 0.6) is 0 Å². The third-order valence-corrected chi connectivity index (χ3v) is 6.82. The van der Waals surface area contributed by atoms with E-state index in [4.69, 9.17) is 0 Å². The van der Waals surface area contributed by atoms with E-state index in [0.29, 0.717) is 36.7 Å². The monoisotopic (exact) mass is 494 g/mol. The molecule has 1 fully saturated rings. The molecule has 36 heavy (non-hydrogen) atoms. The van der Waals surface area contributed by atoms with E-state index >= 15 is 0 Å². The van der Waals surface area contributed by atoms with Crippen molar-refractivity contribution in [3.63, 3.8) is 0 Å². The Morgan fingerprint density at radius 2 is 1.86 bits per heavy atom. The van der Waals surface area contributed by atoms with Crippen LogP contribution in [0.15, 0.2) is 55.0 Å². The van der Waals surface area contributed by atoms with Crippen LogP contribution < -0.4 is 5.32 Å². The maximum Gasteiger partial charge on any atom is 0.259 e. The number of amides is 2. The number of nitrogens with one attached hydrogen (secondary N) is 1. The lowest BCUT2D eigenvalue weighted by Gasteiger charge is -2.32. The largest absolute Gasteiger partial charge is 0.356 e. The summed E-state index contributed by atoms with van der Waals surface area (Å²) >= 11 is 0. The first-order chi connectivity index (χ1) is 17.5. The molecule has 0 spiro atoms. The molecule has 3 heterocycles. The second-order valence-electron chi connectivity index (χ2n) is 9.12. The van der Waals surface area contributed by atoms with Gasteiger partial charge in [0.2, 0.25) is 5.91 Å². The minimum atomic E-state index is -0.338. The SMILES string of the molecule is CCN(CC)CCCNC(=O)C1CCCN(C(=O)c2cnn(-c3ccc(F)cc3)c2-n2cccc2)C1. The normalized spacial score (nSPS) is 15.9. The third kappa shape index (κ3) is 5.84. The Bertz CT molecular complexity index is 1140. The van der Waals surface area contributed by atoms with Crippen molar-refractivity contribution in [2.75, 3.05) is 39.3 Å². The molecule has 1 aliphatic rings. The molecular formula is C27H35FN6O2. The molecule has 9 heteroatoms. The lowest BCUT2D eigenvalue weighted by Crippen LogP contribution is -2.46. The zero-order valence-electron chi connectivity index (χ0n) is 21.1. The van der Waals surface area contributed by atoms with Gasteiger partial charge in [-0.25, -0.2) is 9.07 Å². The highest BCUT2D eigenvalue weighted by Crippen LogP contribution is 2.24. The summed E-state index contributed by atoms with van der Waals surface area (Å²) in [6.07, 6.45) is 7.69. The molecule has 1 unspecified atom stereocenters. The van der Waals surface area contributed by atoms with E-state index in [1.165, 1.54) is 12.1 Å². The fraction of sp³-hybridized carbons (Fsp3) is 0.444. The lowest BCUT2D eigenvalue weighted by atomic mass is 9.96. The summed E-state index contributed by atoms with van der Waals surface area (Å²) in [5.74, 6) is -0.126. The van der Waals surface area contributed by atoms with Crippen molar-refractivity contribution < 1.29 is 14.0 Å². The molecule has 1 N–H and O–H groups in total. The van der Waals surface area contributed by atoms with Gasteiger partial charge in [0.15, 0.2) is 5.82 Å². The summed E-state index contributed by atoms with van der Waals surface area (Å²) in [5, 5.41) is 7.53. The van der Waals surface area contributed by atoms with Crippen molar-refractivity contribution in [1.29, 1.82) is 0 Å². The molecule has 4 rings (SSSR count). The zero-order chi connectivity index (χ0) is 25.5. The van der Waals surface area contributed by atoms with E-state index in [9.17, 15) is 14.0 Å². The molecule has 8 nitrogen and oxygen atoms in total. The first-order valence-corrected chi connectivity index (χ1v) is 12.8. The van der Waals surface area contributed by atoms with Crippen LogP contribution >= 0.6 is 0 Å². The fourth-order valence-corrected chi connectivity index (χ4v) is 4.73. The highest BCUT2D eigenvalue weighted by molar-refractivity contribution is 5.97. The maximum atomic E-state index is 13.6. The van der Waals surface area contributed by atoms with Crippen molar-refractivity contribution in [3.8, 4) is 11.5 Å². The molecule has 1 aromatic carbocycles. The molecule has 0 radical (unpaired) electrons. The number of rotatable bonds is 10. The van der Waals surface area contributed by atoms with Gasteiger partial charge in [-0.2, -0.15) is 5.10 Å². The third-order valence-electron chi connectivity index (χ3n) is 6.82. The number of hydrogen-bond acceptors (Lipinski definition) is 4.